The number of carbonyl (C=O) groups is 2. The molecule has 7 heteroatoms. The van der Waals surface area contributed by atoms with Crippen LogP contribution >= 0.6 is 0 Å². The molecule has 1 aliphatic heterocycles. The van der Waals surface area contributed by atoms with Crippen molar-refractivity contribution in [2.75, 3.05) is 13.1 Å². The zero-order chi connectivity index (χ0) is 21.1. The molecule has 2 N–H and O–H groups in total. The number of carbonyl (C=O) groups excluding carboxylic acids is 2. The van der Waals surface area contributed by atoms with Crippen LogP contribution in [0.2, 0.25) is 0 Å². The molecule has 2 aromatic heterocycles. The lowest BCUT2D eigenvalue weighted by Crippen LogP contribution is -2.38. The first-order chi connectivity index (χ1) is 14.5. The van der Waals surface area contributed by atoms with Crippen molar-refractivity contribution in [2.45, 2.75) is 39.2 Å². The minimum atomic E-state index is -0.240. The molecule has 1 fully saturated rings. The molecular weight excluding hydrogens is 380 g/mol. The van der Waals surface area contributed by atoms with E-state index in [9.17, 15) is 9.59 Å². The molecule has 3 aromatic rings. The number of aryl methyl sites for hydroxylation is 2. The molecule has 4 rings (SSSR count). The van der Waals surface area contributed by atoms with Crippen molar-refractivity contribution in [3.05, 3.63) is 76.5 Å². The number of aromatic nitrogens is 2. The number of amides is 2. The number of nitrogens with zero attached hydrogens (tertiary/aromatic N) is 2. The van der Waals surface area contributed by atoms with Crippen molar-refractivity contribution in [1.29, 1.82) is 0 Å². The number of H-pyrrole nitrogens is 1. The van der Waals surface area contributed by atoms with E-state index in [0.717, 1.165) is 29.7 Å². The number of hydrogen-bond donors (Lipinski definition) is 2. The number of hydrogen-bond acceptors (Lipinski definition) is 4. The van der Waals surface area contributed by atoms with Crippen LogP contribution in [0, 0.1) is 13.8 Å². The van der Waals surface area contributed by atoms with Crippen LogP contribution < -0.4 is 5.32 Å². The molecule has 0 saturated carbocycles. The van der Waals surface area contributed by atoms with Crippen LogP contribution in [0.15, 0.2) is 47.1 Å². The van der Waals surface area contributed by atoms with Gasteiger partial charge in [-0.3, -0.25) is 14.7 Å². The second kappa shape index (κ2) is 8.57. The summed E-state index contributed by atoms with van der Waals surface area (Å²) in [5.41, 5.74) is 4.37. The number of rotatable bonds is 5. The topological polar surface area (TPSA) is 91.2 Å². The highest BCUT2D eigenvalue weighted by Crippen LogP contribution is 2.28. The van der Waals surface area contributed by atoms with Gasteiger partial charge in [0.05, 0.1) is 12.8 Å². The fourth-order valence-corrected chi connectivity index (χ4v) is 3.78. The molecule has 156 valence electrons. The molecule has 0 aliphatic carbocycles. The van der Waals surface area contributed by atoms with Crippen LogP contribution in [-0.2, 0) is 6.54 Å². The molecule has 30 heavy (non-hydrogen) atoms. The lowest BCUT2D eigenvalue weighted by molar-refractivity contribution is 0.0712. The molecule has 2 amide bonds. The summed E-state index contributed by atoms with van der Waals surface area (Å²) in [6.07, 6.45) is 3.25. The highest BCUT2D eigenvalue weighted by Gasteiger charge is 2.26. The largest absolute Gasteiger partial charge is 0.467 e. The third kappa shape index (κ3) is 4.30. The van der Waals surface area contributed by atoms with Crippen molar-refractivity contribution in [1.82, 2.24) is 20.4 Å². The molecule has 0 spiro atoms. The van der Waals surface area contributed by atoms with E-state index in [1.807, 2.05) is 49.1 Å². The number of aromatic amines is 1. The molecule has 1 aromatic carbocycles. The molecule has 0 bridgehead atoms. The highest BCUT2D eigenvalue weighted by molar-refractivity contribution is 5.94. The Labute approximate surface area is 175 Å². The molecular formula is C23H26N4O3. The third-order valence-electron chi connectivity index (χ3n) is 5.81. The molecule has 1 aliphatic rings. The van der Waals surface area contributed by atoms with Gasteiger partial charge in [-0.05, 0) is 68.1 Å². The monoisotopic (exact) mass is 406 g/mol. The summed E-state index contributed by atoms with van der Waals surface area (Å²) >= 11 is 0. The van der Waals surface area contributed by atoms with Gasteiger partial charge < -0.3 is 14.6 Å². The fraction of sp³-hybridized carbons (Fsp3) is 0.348. The summed E-state index contributed by atoms with van der Waals surface area (Å²) in [5.74, 6) is 0.795. The number of likely N-dealkylation sites (tertiary alicyclic amines) is 1. The Balaban J connectivity index is 1.32. The van der Waals surface area contributed by atoms with Gasteiger partial charge in [-0.2, -0.15) is 5.10 Å². The van der Waals surface area contributed by atoms with Crippen molar-refractivity contribution in [3.8, 4) is 0 Å². The van der Waals surface area contributed by atoms with E-state index >= 15 is 0 Å². The Morgan fingerprint density at radius 2 is 1.97 bits per heavy atom. The summed E-state index contributed by atoms with van der Waals surface area (Å²) in [5, 5.41) is 9.96. The smallest absolute Gasteiger partial charge is 0.272 e. The van der Waals surface area contributed by atoms with Gasteiger partial charge >= 0.3 is 0 Å². The van der Waals surface area contributed by atoms with E-state index in [2.05, 4.69) is 15.5 Å². The molecule has 7 nitrogen and oxygen atoms in total. The first-order valence-electron chi connectivity index (χ1n) is 10.2. The van der Waals surface area contributed by atoms with Crippen molar-refractivity contribution in [3.63, 3.8) is 0 Å². The zero-order valence-corrected chi connectivity index (χ0v) is 17.3. The van der Waals surface area contributed by atoms with Crippen LogP contribution in [-0.4, -0.2) is 40.0 Å². The number of nitrogens with one attached hydrogen (secondary N) is 2. The lowest BCUT2D eigenvalue weighted by atomic mass is 9.93. The summed E-state index contributed by atoms with van der Waals surface area (Å²) in [6.45, 7) is 5.78. The molecule has 0 unspecified atom stereocenters. The Morgan fingerprint density at radius 1 is 1.17 bits per heavy atom. The minimum absolute atomic E-state index is 0.0825. The summed E-state index contributed by atoms with van der Waals surface area (Å²) < 4.78 is 5.22. The first kappa shape index (κ1) is 19.9. The van der Waals surface area contributed by atoms with Crippen LogP contribution in [0.3, 0.4) is 0 Å². The Hall–Kier alpha value is -3.35. The van der Waals surface area contributed by atoms with E-state index in [1.54, 1.807) is 12.3 Å². The normalized spacial score (nSPS) is 14.7. The van der Waals surface area contributed by atoms with Crippen molar-refractivity contribution in [2.24, 2.45) is 0 Å². The molecule has 0 atom stereocenters. The molecule has 0 radical (unpaired) electrons. The van der Waals surface area contributed by atoms with E-state index in [4.69, 9.17) is 4.42 Å². The molecule has 3 heterocycles. The van der Waals surface area contributed by atoms with Gasteiger partial charge in [0, 0.05) is 30.3 Å². The summed E-state index contributed by atoms with van der Waals surface area (Å²) in [7, 11) is 0. The SMILES string of the molecule is Cc1ccc(C(=O)N2CCC(c3cc(C(=O)NCc4ccco4)n[nH]3)CC2)cc1C. The standard InChI is InChI=1S/C23H26N4O3/c1-15-5-6-18(12-16(15)2)23(29)27-9-7-17(8-10-27)20-13-21(26-25-20)22(28)24-14-19-4-3-11-30-19/h3-6,11-13,17H,7-10,14H2,1-2H3,(H,24,28)(H,25,26). The second-order valence-corrected chi connectivity index (χ2v) is 7.84. The second-order valence-electron chi connectivity index (χ2n) is 7.84. The van der Waals surface area contributed by atoms with Crippen LogP contribution in [0.4, 0.5) is 0 Å². The van der Waals surface area contributed by atoms with Gasteiger partial charge in [-0.1, -0.05) is 6.07 Å². The average Bonchev–Trinajstić information content (AvgIpc) is 3.46. The maximum Gasteiger partial charge on any atom is 0.272 e. The van der Waals surface area contributed by atoms with E-state index in [1.165, 1.54) is 5.56 Å². The highest BCUT2D eigenvalue weighted by atomic mass is 16.3. The average molecular weight is 406 g/mol. The number of benzene rings is 1. The van der Waals surface area contributed by atoms with Crippen molar-refractivity contribution >= 4 is 11.8 Å². The Kier molecular flexibility index (Phi) is 5.70. The van der Waals surface area contributed by atoms with Gasteiger partial charge in [0.25, 0.3) is 11.8 Å². The van der Waals surface area contributed by atoms with Crippen molar-refractivity contribution < 1.29 is 14.0 Å². The quantitative estimate of drug-likeness (QED) is 0.678. The van der Waals surface area contributed by atoms with Gasteiger partial charge in [-0.25, -0.2) is 0 Å². The number of furan rings is 1. The Morgan fingerprint density at radius 3 is 2.67 bits per heavy atom. The minimum Gasteiger partial charge on any atom is -0.467 e. The summed E-state index contributed by atoms with van der Waals surface area (Å²) in [4.78, 5) is 27.0. The fourth-order valence-electron chi connectivity index (χ4n) is 3.78. The van der Waals surface area contributed by atoms with Gasteiger partial charge in [0.15, 0.2) is 0 Å². The maximum absolute atomic E-state index is 12.8. The number of piperidine rings is 1. The van der Waals surface area contributed by atoms with E-state index < -0.39 is 0 Å². The van der Waals surface area contributed by atoms with Crippen LogP contribution in [0.5, 0.6) is 0 Å². The molecule has 1 saturated heterocycles. The van der Waals surface area contributed by atoms with Gasteiger partial charge in [0.2, 0.25) is 0 Å². The predicted molar refractivity (Wildman–Crippen MR) is 112 cm³/mol. The van der Waals surface area contributed by atoms with E-state index in [0.29, 0.717) is 31.1 Å². The van der Waals surface area contributed by atoms with Crippen LogP contribution in [0.1, 0.15) is 62.2 Å². The predicted octanol–water partition coefficient (Wildman–Crippen LogP) is 3.57. The van der Waals surface area contributed by atoms with Gasteiger partial charge in [-0.15, -0.1) is 0 Å². The zero-order valence-electron chi connectivity index (χ0n) is 17.3. The third-order valence-corrected chi connectivity index (χ3v) is 5.81. The lowest BCUT2D eigenvalue weighted by Gasteiger charge is -2.31. The van der Waals surface area contributed by atoms with E-state index in [-0.39, 0.29) is 17.7 Å². The first-order valence-corrected chi connectivity index (χ1v) is 10.2. The summed E-state index contributed by atoms with van der Waals surface area (Å²) in [6, 6.07) is 11.3. The van der Waals surface area contributed by atoms with Gasteiger partial charge in [0.1, 0.15) is 11.5 Å². The maximum atomic E-state index is 12.8. The Bertz CT molecular complexity index is 1030. The van der Waals surface area contributed by atoms with Crippen LogP contribution in [0.25, 0.3) is 0 Å².